The number of benzene rings is 1. The Kier molecular flexibility index (Phi) is 4.77. The summed E-state index contributed by atoms with van der Waals surface area (Å²) in [5.74, 6) is -0.110. The fourth-order valence-electron chi connectivity index (χ4n) is 2.53. The number of hydrogen-bond donors (Lipinski definition) is 1. The van der Waals surface area contributed by atoms with E-state index in [9.17, 15) is 9.59 Å². The van der Waals surface area contributed by atoms with Gasteiger partial charge in [-0.25, -0.2) is 0 Å². The zero-order chi connectivity index (χ0) is 14.5. The third kappa shape index (κ3) is 3.59. The van der Waals surface area contributed by atoms with Crippen molar-refractivity contribution in [2.24, 2.45) is 5.92 Å². The van der Waals surface area contributed by atoms with Crippen molar-refractivity contribution in [1.29, 1.82) is 0 Å². The van der Waals surface area contributed by atoms with Crippen LogP contribution in [0.5, 0.6) is 0 Å². The van der Waals surface area contributed by atoms with E-state index in [1.807, 2.05) is 44.2 Å². The molecule has 1 aliphatic rings. The molecule has 1 atom stereocenters. The van der Waals surface area contributed by atoms with Crippen LogP contribution in [0.25, 0.3) is 0 Å². The molecule has 1 heterocycles. The second kappa shape index (κ2) is 6.55. The van der Waals surface area contributed by atoms with E-state index in [1.54, 1.807) is 4.90 Å². The molecule has 2 amide bonds. The van der Waals surface area contributed by atoms with E-state index >= 15 is 0 Å². The highest BCUT2D eigenvalue weighted by atomic mass is 16.2. The van der Waals surface area contributed by atoms with Crippen molar-refractivity contribution in [2.75, 3.05) is 13.1 Å². The standard InChI is InChI=1S/C16H22N2O2/c1-12(2)18-11-14(10-15(18)19)16(20)17-9-8-13-6-4-3-5-7-13/h3-7,12,14H,8-11H2,1-2H3,(H,17,20)/t14-/m1/s1. The summed E-state index contributed by atoms with van der Waals surface area (Å²) in [5, 5.41) is 2.94. The van der Waals surface area contributed by atoms with Crippen molar-refractivity contribution in [3.8, 4) is 0 Å². The van der Waals surface area contributed by atoms with Crippen LogP contribution in [-0.4, -0.2) is 35.8 Å². The first-order valence-corrected chi connectivity index (χ1v) is 7.19. The zero-order valence-corrected chi connectivity index (χ0v) is 12.1. The molecule has 0 spiro atoms. The summed E-state index contributed by atoms with van der Waals surface area (Å²) >= 11 is 0. The second-order valence-electron chi connectivity index (χ2n) is 5.57. The molecule has 1 fully saturated rings. The van der Waals surface area contributed by atoms with Gasteiger partial charge in [0.1, 0.15) is 0 Å². The van der Waals surface area contributed by atoms with Crippen molar-refractivity contribution in [3.63, 3.8) is 0 Å². The SMILES string of the molecule is CC(C)N1C[C@H](C(=O)NCCc2ccccc2)CC1=O. The number of hydrogen-bond acceptors (Lipinski definition) is 2. The summed E-state index contributed by atoms with van der Waals surface area (Å²) in [6, 6.07) is 10.2. The Labute approximate surface area is 120 Å². The number of carbonyl (C=O) groups excluding carboxylic acids is 2. The van der Waals surface area contributed by atoms with Gasteiger partial charge in [-0.1, -0.05) is 30.3 Å². The van der Waals surface area contributed by atoms with E-state index < -0.39 is 0 Å². The van der Waals surface area contributed by atoms with Gasteiger partial charge in [0.15, 0.2) is 0 Å². The third-order valence-corrected chi connectivity index (χ3v) is 3.71. The van der Waals surface area contributed by atoms with Crippen molar-refractivity contribution in [3.05, 3.63) is 35.9 Å². The predicted octanol–water partition coefficient (Wildman–Crippen LogP) is 1.60. The molecule has 1 N–H and O–H groups in total. The molecule has 0 bridgehead atoms. The van der Waals surface area contributed by atoms with Crippen LogP contribution in [0, 0.1) is 5.92 Å². The number of rotatable bonds is 5. The van der Waals surface area contributed by atoms with Gasteiger partial charge in [0.2, 0.25) is 11.8 Å². The number of nitrogens with zero attached hydrogens (tertiary/aromatic N) is 1. The minimum atomic E-state index is -0.194. The lowest BCUT2D eigenvalue weighted by molar-refractivity contribution is -0.129. The van der Waals surface area contributed by atoms with Crippen molar-refractivity contribution >= 4 is 11.8 Å². The first kappa shape index (κ1) is 14.6. The highest BCUT2D eigenvalue weighted by Crippen LogP contribution is 2.20. The molecule has 20 heavy (non-hydrogen) atoms. The smallest absolute Gasteiger partial charge is 0.225 e. The average molecular weight is 274 g/mol. The molecule has 0 saturated carbocycles. The van der Waals surface area contributed by atoms with Gasteiger partial charge in [-0.05, 0) is 25.8 Å². The summed E-state index contributed by atoms with van der Waals surface area (Å²) < 4.78 is 0. The van der Waals surface area contributed by atoms with Gasteiger partial charge < -0.3 is 10.2 Å². The van der Waals surface area contributed by atoms with Crippen molar-refractivity contribution in [1.82, 2.24) is 10.2 Å². The van der Waals surface area contributed by atoms with E-state index in [2.05, 4.69) is 5.32 Å². The molecule has 4 heteroatoms. The first-order valence-electron chi connectivity index (χ1n) is 7.19. The number of amides is 2. The van der Waals surface area contributed by atoms with Crippen LogP contribution in [-0.2, 0) is 16.0 Å². The maximum atomic E-state index is 12.1. The molecule has 108 valence electrons. The molecule has 0 aliphatic carbocycles. The first-order chi connectivity index (χ1) is 9.58. The molecule has 2 rings (SSSR count). The maximum Gasteiger partial charge on any atom is 0.225 e. The molecule has 4 nitrogen and oxygen atoms in total. The largest absolute Gasteiger partial charge is 0.355 e. The van der Waals surface area contributed by atoms with Crippen LogP contribution in [0.2, 0.25) is 0 Å². The van der Waals surface area contributed by atoms with Gasteiger partial charge in [0.05, 0.1) is 5.92 Å². The van der Waals surface area contributed by atoms with Crippen LogP contribution in [0.1, 0.15) is 25.8 Å². The van der Waals surface area contributed by atoms with Gasteiger partial charge in [0, 0.05) is 25.6 Å². The predicted molar refractivity (Wildman–Crippen MR) is 78.1 cm³/mol. The van der Waals surface area contributed by atoms with Gasteiger partial charge in [-0.3, -0.25) is 9.59 Å². The maximum absolute atomic E-state index is 12.1. The van der Waals surface area contributed by atoms with E-state index in [0.29, 0.717) is 19.5 Å². The average Bonchev–Trinajstić information content (AvgIpc) is 2.82. The molecule has 1 aliphatic heterocycles. The summed E-state index contributed by atoms with van der Waals surface area (Å²) in [6.45, 7) is 5.13. The Morgan fingerprint density at radius 3 is 2.65 bits per heavy atom. The normalized spacial score (nSPS) is 18.6. The topological polar surface area (TPSA) is 49.4 Å². The van der Waals surface area contributed by atoms with Crippen LogP contribution in [0.4, 0.5) is 0 Å². The highest BCUT2D eigenvalue weighted by molar-refractivity contribution is 5.89. The zero-order valence-electron chi connectivity index (χ0n) is 12.1. The Bertz CT molecular complexity index is 471. The number of likely N-dealkylation sites (tertiary alicyclic amines) is 1. The number of carbonyl (C=O) groups is 2. The summed E-state index contributed by atoms with van der Waals surface area (Å²) in [5.41, 5.74) is 1.21. The number of nitrogens with one attached hydrogen (secondary N) is 1. The molecule has 1 saturated heterocycles. The summed E-state index contributed by atoms with van der Waals surface area (Å²) in [6.07, 6.45) is 1.16. The molecule has 1 aromatic carbocycles. The van der Waals surface area contributed by atoms with Crippen molar-refractivity contribution < 1.29 is 9.59 Å². The third-order valence-electron chi connectivity index (χ3n) is 3.71. The fraction of sp³-hybridized carbons (Fsp3) is 0.500. The molecule has 0 radical (unpaired) electrons. The molecule has 0 aromatic heterocycles. The van der Waals surface area contributed by atoms with Crippen LogP contribution >= 0.6 is 0 Å². The lowest BCUT2D eigenvalue weighted by Crippen LogP contribution is -2.36. The highest BCUT2D eigenvalue weighted by Gasteiger charge is 2.35. The van der Waals surface area contributed by atoms with Gasteiger partial charge >= 0.3 is 0 Å². The monoisotopic (exact) mass is 274 g/mol. The minimum absolute atomic E-state index is 0.00238. The van der Waals surface area contributed by atoms with Crippen LogP contribution < -0.4 is 5.32 Å². The minimum Gasteiger partial charge on any atom is -0.355 e. The van der Waals surface area contributed by atoms with Crippen LogP contribution in [0.3, 0.4) is 0 Å². The Balaban J connectivity index is 1.77. The van der Waals surface area contributed by atoms with E-state index in [4.69, 9.17) is 0 Å². The van der Waals surface area contributed by atoms with Crippen molar-refractivity contribution in [2.45, 2.75) is 32.7 Å². The van der Waals surface area contributed by atoms with E-state index in [1.165, 1.54) is 5.56 Å². The van der Waals surface area contributed by atoms with E-state index in [-0.39, 0.29) is 23.8 Å². The Hall–Kier alpha value is -1.84. The molecular weight excluding hydrogens is 252 g/mol. The molecule has 1 aromatic rings. The Morgan fingerprint density at radius 2 is 2.05 bits per heavy atom. The van der Waals surface area contributed by atoms with Crippen LogP contribution in [0.15, 0.2) is 30.3 Å². The lowest BCUT2D eigenvalue weighted by Gasteiger charge is -2.20. The quantitative estimate of drug-likeness (QED) is 0.886. The summed E-state index contributed by atoms with van der Waals surface area (Å²) in [4.78, 5) is 25.6. The fourth-order valence-corrected chi connectivity index (χ4v) is 2.53. The van der Waals surface area contributed by atoms with E-state index in [0.717, 1.165) is 6.42 Å². The second-order valence-corrected chi connectivity index (χ2v) is 5.57. The lowest BCUT2D eigenvalue weighted by atomic mass is 10.1. The van der Waals surface area contributed by atoms with Gasteiger partial charge in [-0.15, -0.1) is 0 Å². The van der Waals surface area contributed by atoms with Gasteiger partial charge in [0.25, 0.3) is 0 Å². The molecule has 0 unspecified atom stereocenters. The summed E-state index contributed by atoms with van der Waals surface area (Å²) in [7, 11) is 0. The molecular formula is C16H22N2O2. The van der Waals surface area contributed by atoms with Gasteiger partial charge in [-0.2, -0.15) is 0 Å². The Morgan fingerprint density at radius 1 is 1.35 bits per heavy atom.